The smallest absolute Gasteiger partial charge is 0.273 e. The third kappa shape index (κ3) is 4.77. The molecule has 2 amide bonds. The lowest BCUT2D eigenvalue weighted by Gasteiger charge is -2.32. The molecule has 7 nitrogen and oxygen atoms in total. The summed E-state index contributed by atoms with van der Waals surface area (Å²) in [5.41, 5.74) is 0.497. The van der Waals surface area contributed by atoms with Gasteiger partial charge in [-0.3, -0.25) is 9.59 Å². The molecule has 25 heavy (non-hydrogen) atoms. The number of hydrogen-bond acceptors (Lipinski definition) is 6. The maximum Gasteiger partial charge on any atom is 0.273 e. The zero-order valence-electron chi connectivity index (χ0n) is 14.6. The molecular weight excluding hydrogens is 340 g/mol. The van der Waals surface area contributed by atoms with Crippen LogP contribution in [0.1, 0.15) is 41.2 Å². The number of likely N-dealkylation sites (tertiary alicyclic amines) is 1. The van der Waals surface area contributed by atoms with Crippen LogP contribution < -0.4 is 10.6 Å². The van der Waals surface area contributed by atoms with Gasteiger partial charge in [0.25, 0.3) is 5.91 Å². The van der Waals surface area contributed by atoms with E-state index in [2.05, 4.69) is 15.6 Å². The van der Waals surface area contributed by atoms with Crippen LogP contribution in [0, 0.1) is 5.92 Å². The molecule has 2 aliphatic heterocycles. The lowest BCUT2D eigenvalue weighted by molar-refractivity contribution is -0.123. The van der Waals surface area contributed by atoms with Gasteiger partial charge < -0.3 is 20.3 Å². The van der Waals surface area contributed by atoms with Crippen molar-refractivity contribution in [3.05, 3.63) is 16.1 Å². The minimum atomic E-state index is -0.0458. The highest BCUT2D eigenvalue weighted by Gasteiger charge is 2.27. The summed E-state index contributed by atoms with van der Waals surface area (Å²) >= 11 is 1.45. The monoisotopic (exact) mass is 366 g/mol. The standard InChI is InChI=1S/C17H26N4O3S/c1-24-10-15-20-14(11-25-15)17(23)21-7-3-4-12(9-21)8-19-16(22)13-5-2-6-18-13/h11-13,18H,2-10H2,1H3,(H,19,22). The molecule has 2 atom stereocenters. The SMILES string of the molecule is COCc1nc(C(=O)N2CCCC(CNC(=O)C3CCCN3)C2)cs1. The van der Waals surface area contributed by atoms with Crippen molar-refractivity contribution in [2.45, 2.75) is 38.3 Å². The minimum absolute atomic E-state index is 0.0212. The summed E-state index contributed by atoms with van der Waals surface area (Å²) in [6.07, 6.45) is 3.97. The van der Waals surface area contributed by atoms with E-state index < -0.39 is 0 Å². The quantitative estimate of drug-likeness (QED) is 0.785. The summed E-state index contributed by atoms with van der Waals surface area (Å²) in [7, 11) is 1.62. The van der Waals surface area contributed by atoms with Gasteiger partial charge in [0.1, 0.15) is 10.7 Å². The Morgan fingerprint density at radius 3 is 3.08 bits per heavy atom. The number of carbonyl (C=O) groups excluding carboxylic acids is 2. The number of aromatic nitrogens is 1. The second kappa shape index (κ2) is 8.73. The first-order valence-electron chi connectivity index (χ1n) is 8.91. The summed E-state index contributed by atoms with van der Waals surface area (Å²) in [6.45, 7) is 3.41. The van der Waals surface area contributed by atoms with Crippen LogP contribution in [-0.2, 0) is 16.1 Å². The summed E-state index contributed by atoms with van der Waals surface area (Å²) in [4.78, 5) is 31.0. The average Bonchev–Trinajstić information content (AvgIpc) is 3.31. The lowest BCUT2D eigenvalue weighted by atomic mass is 9.97. The molecule has 0 bridgehead atoms. The Morgan fingerprint density at radius 1 is 1.44 bits per heavy atom. The van der Waals surface area contributed by atoms with E-state index in [4.69, 9.17) is 4.74 Å². The molecule has 1 aromatic heterocycles. The summed E-state index contributed by atoms with van der Waals surface area (Å²) < 4.78 is 5.06. The maximum atomic E-state index is 12.6. The van der Waals surface area contributed by atoms with Crippen molar-refractivity contribution in [1.82, 2.24) is 20.5 Å². The number of piperidine rings is 1. The highest BCUT2D eigenvalue weighted by Crippen LogP contribution is 2.20. The summed E-state index contributed by atoms with van der Waals surface area (Å²) in [6, 6.07) is -0.0458. The number of nitrogens with zero attached hydrogens (tertiary/aromatic N) is 2. The first-order valence-corrected chi connectivity index (χ1v) is 9.79. The minimum Gasteiger partial charge on any atom is -0.378 e. The summed E-state index contributed by atoms with van der Waals surface area (Å²) in [5.74, 6) is 0.372. The highest BCUT2D eigenvalue weighted by molar-refractivity contribution is 7.09. The molecule has 0 aromatic carbocycles. The van der Waals surface area contributed by atoms with Crippen molar-refractivity contribution in [2.75, 3.05) is 33.3 Å². The number of hydrogen-bond donors (Lipinski definition) is 2. The third-order valence-corrected chi connectivity index (χ3v) is 5.61. The average molecular weight is 366 g/mol. The van der Waals surface area contributed by atoms with Gasteiger partial charge in [0.05, 0.1) is 12.6 Å². The number of carbonyl (C=O) groups is 2. The van der Waals surface area contributed by atoms with Gasteiger partial charge in [-0.15, -0.1) is 11.3 Å². The Hall–Kier alpha value is -1.51. The largest absolute Gasteiger partial charge is 0.378 e. The molecule has 138 valence electrons. The fourth-order valence-electron chi connectivity index (χ4n) is 3.45. The van der Waals surface area contributed by atoms with Gasteiger partial charge in [0, 0.05) is 32.1 Å². The van der Waals surface area contributed by atoms with Gasteiger partial charge in [-0.05, 0) is 38.1 Å². The number of nitrogens with one attached hydrogen (secondary N) is 2. The van der Waals surface area contributed by atoms with E-state index in [1.54, 1.807) is 12.5 Å². The van der Waals surface area contributed by atoms with Gasteiger partial charge in [-0.1, -0.05) is 0 Å². The molecule has 0 radical (unpaired) electrons. The van der Waals surface area contributed by atoms with Gasteiger partial charge in [0.15, 0.2) is 0 Å². The van der Waals surface area contributed by atoms with Crippen LogP contribution in [-0.4, -0.2) is 61.0 Å². The molecule has 2 aliphatic rings. The van der Waals surface area contributed by atoms with Crippen molar-refractivity contribution in [1.29, 1.82) is 0 Å². The molecule has 0 spiro atoms. The molecule has 2 saturated heterocycles. The number of thiazole rings is 1. The molecule has 2 unspecified atom stereocenters. The Bertz CT molecular complexity index is 600. The zero-order valence-corrected chi connectivity index (χ0v) is 15.4. The van der Waals surface area contributed by atoms with Gasteiger partial charge in [-0.2, -0.15) is 0 Å². The normalized spacial score (nSPS) is 23.6. The fraction of sp³-hybridized carbons (Fsp3) is 0.706. The van der Waals surface area contributed by atoms with E-state index in [0.717, 1.165) is 43.8 Å². The van der Waals surface area contributed by atoms with Crippen LogP contribution in [0.25, 0.3) is 0 Å². The number of amides is 2. The Labute approximate surface area is 152 Å². The predicted octanol–water partition coefficient (Wildman–Crippen LogP) is 1.01. The molecule has 8 heteroatoms. The van der Waals surface area contributed by atoms with Crippen molar-refractivity contribution in [2.24, 2.45) is 5.92 Å². The highest BCUT2D eigenvalue weighted by atomic mass is 32.1. The fourth-order valence-corrected chi connectivity index (χ4v) is 4.19. The van der Waals surface area contributed by atoms with Crippen LogP contribution in [0.2, 0.25) is 0 Å². The molecule has 0 saturated carbocycles. The van der Waals surface area contributed by atoms with Crippen molar-refractivity contribution in [3.63, 3.8) is 0 Å². The zero-order chi connectivity index (χ0) is 17.6. The van der Waals surface area contributed by atoms with Gasteiger partial charge in [-0.25, -0.2) is 4.98 Å². The number of rotatable bonds is 6. The van der Waals surface area contributed by atoms with Crippen LogP contribution >= 0.6 is 11.3 Å². The molecule has 2 N–H and O–H groups in total. The third-order valence-electron chi connectivity index (χ3n) is 4.79. The van der Waals surface area contributed by atoms with Crippen LogP contribution in [0.4, 0.5) is 0 Å². The summed E-state index contributed by atoms with van der Waals surface area (Å²) in [5, 5.41) is 8.87. The van der Waals surface area contributed by atoms with E-state index >= 15 is 0 Å². The first-order chi connectivity index (χ1) is 12.2. The Morgan fingerprint density at radius 2 is 2.32 bits per heavy atom. The van der Waals surface area contributed by atoms with Crippen molar-refractivity contribution >= 4 is 23.2 Å². The van der Waals surface area contributed by atoms with Gasteiger partial charge >= 0.3 is 0 Å². The molecule has 3 heterocycles. The molecule has 0 aliphatic carbocycles. The van der Waals surface area contributed by atoms with Crippen LogP contribution in [0.15, 0.2) is 5.38 Å². The van der Waals surface area contributed by atoms with Crippen molar-refractivity contribution in [3.8, 4) is 0 Å². The van der Waals surface area contributed by atoms with E-state index in [9.17, 15) is 9.59 Å². The molecule has 3 rings (SSSR count). The van der Waals surface area contributed by atoms with Gasteiger partial charge in [0.2, 0.25) is 5.91 Å². The van der Waals surface area contributed by atoms with E-state index in [1.807, 2.05) is 4.90 Å². The maximum absolute atomic E-state index is 12.6. The number of methoxy groups -OCH3 is 1. The topological polar surface area (TPSA) is 83.6 Å². The molecule has 2 fully saturated rings. The lowest BCUT2D eigenvalue weighted by Crippen LogP contribution is -2.46. The van der Waals surface area contributed by atoms with E-state index in [1.165, 1.54) is 11.3 Å². The molecular formula is C17H26N4O3S. The Balaban J connectivity index is 1.49. The second-order valence-corrected chi connectivity index (χ2v) is 7.66. The molecule has 1 aromatic rings. The second-order valence-electron chi connectivity index (χ2n) is 6.71. The van der Waals surface area contributed by atoms with E-state index in [0.29, 0.717) is 31.3 Å². The van der Waals surface area contributed by atoms with E-state index in [-0.39, 0.29) is 17.9 Å². The number of ether oxygens (including phenoxy) is 1. The Kier molecular flexibility index (Phi) is 6.39. The predicted molar refractivity (Wildman–Crippen MR) is 95.5 cm³/mol. The van der Waals surface area contributed by atoms with Crippen molar-refractivity contribution < 1.29 is 14.3 Å². The van der Waals surface area contributed by atoms with Crippen LogP contribution in [0.5, 0.6) is 0 Å². The first kappa shape index (κ1) is 18.3. The van der Waals surface area contributed by atoms with Crippen LogP contribution in [0.3, 0.4) is 0 Å².